The number of Topliss-reactive ketones (excluding diaryl/α,β-unsaturated/α-hetero) is 1. The number of benzene rings is 2. The molecule has 0 bridgehead atoms. The molecule has 1 aromatic heterocycles. The summed E-state index contributed by atoms with van der Waals surface area (Å²) < 4.78 is 37.4. The number of aromatic nitrogens is 3. The molecule has 0 fully saturated rings. The Kier molecular flexibility index (Phi) is 4.93. The van der Waals surface area contributed by atoms with Crippen molar-refractivity contribution in [1.29, 1.82) is 0 Å². The monoisotopic (exact) mass is 498 g/mol. The van der Waals surface area contributed by atoms with Gasteiger partial charge in [0.05, 0.1) is 12.2 Å². The van der Waals surface area contributed by atoms with Crippen LogP contribution in [-0.2, 0) is 16.8 Å². The van der Waals surface area contributed by atoms with Crippen LogP contribution in [0.3, 0.4) is 0 Å². The van der Waals surface area contributed by atoms with Crippen molar-refractivity contribution < 1.29 is 22.1 Å². The predicted octanol–water partition coefficient (Wildman–Crippen LogP) is 1.29. The molecule has 182 valence electrons. The summed E-state index contributed by atoms with van der Waals surface area (Å²) in [7, 11) is -4.24. The average Bonchev–Trinajstić information content (AvgIpc) is 3.02. The van der Waals surface area contributed by atoms with Gasteiger partial charge in [0.1, 0.15) is 23.1 Å². The van der Waals surface area contributed by atoms with E-state index < -0.39 is 33.3 Å². The van der Waals surface area contributed by atoms with E-state index in [1.807, 2.05) is 19.9 Å². The van der Waals surface area contributed by atoms with Crippen molar-refractivity contribution in [3.63, 3.8) is 0 Å². The first-order valence-electron chi connectivity index (χ1n) is 10.7. The SMILES string of the molecule is CC(=O)c1ccc(-n2c(=O)n3n(c2=O)C2C(=CC3)C(C)(C)Oc3cc(OS(N)(=O)=O)ccc32)cc1. The van der Waals surface area contributed by atoms with E-state index in [4.69, 9.17) is 14.1 Å². The van der Waals surface area contributed by atoms with Gasteiger partial charge in [-0.1, -0.05) is 6.08 Å². The number of hydrogen-bond donors (Lipinski definition) is 1. The van der Waals surface area contributed by atoms with Gasteiger partial charge in [0.25, 0.3) is 0 Å². The number of fused-ring (bicyclic) bond motifs is 5. The Bertz CT molecular complexity index is 1640. The molecule has 35 heavy (non-hydrogen) atoms. The maximum Gasteiger partial charge on any atom is 0.380 e. The lowest BCUT2D eigenvalue weighted by Gasteiger charge is -2.42. The number of ether oxygens (including phenoxy) is 1. The molecule has 2 aliphatic rings. The van der Waals surface area contributed by atoms with Crippen LogP contribution in [0.25, 0.3) is 5.69 Å². The highest BCUT2D eigenvalue weighted by Gasteiger charge is 2.44. The molecule has 3 heterocycles. The molecule has 1 unspecified atom stereocenters. The van der Waals surface area contributed by atoms with Crippen LogP contribution < -0.4 is 25.4 Å². The molecule has 3 aromatic rings. The maximum absolute atomic E-state index is 13.6. The second kappa shape index (κ2) is 7.55. The fourth-order valence-corrected chi connectivity index (χ4v) is 5.00. The Morgan fingerprint density at radius 2 is 1.80 bits per heavy atom. The standard InChI is InChI=1S/C23H22N4O7S/c1-13(28)14-4-6-15(7-5-14)26-21(29)25-11-10-18-20(27(25)22(26)30)17-9-8-16(34-35(24,31)32)12-19(17)33-23(18,2)3/h4-10,12,20H,11H2,1-3H3,(H2,24,31,32). The number of nitrogens with zero attached hydrogens (tertiary/aromatic N) is 3. The third-order valence-corrected chi connectivity index (χ3v) is 6.59. The molecule has 2 N–H and O–H groups in total. The van der Waals surface area contributed by atoms with Crippen molar-refractivity contribution in [3.8, 4) is 17.2 Å². The lowest BCUT2D eigenvalue weighted by atomic mass is 9.83. The Balaban J connectivity index is 1.69. The molecule has 11 nitrogen and oxygen atoms in total. The molecule has 2 aromatic carbocycles. The van der Waals surface area contributed by atoms with Crippen molar-refractivity contribution in [2.45, 2.75) is 39.0 Å². The van der Waals surface area contributed by atoms with Crippen molar-refractivity contribution >= 4 is 16.1 Å². The van der Waals surface area contributed by atoms with Crippen LogP contribution in [0.1, 0.15) is 42.7 Å². The largest absolute Gasteiger partial charge is 0.483 e. The smallest absolute Gasteiger partial charge is 0.380 e. The van der Waals surface area contributed by atoms with Gasteiger partial charge in [-0.3, -0.25) is 4.79 Å². The average molecular weight is 499 g/mol. The van der Waals surface area contributed by atoms with Gasteiger partial charge >= 0.3 is 21.7 Å². The van der Waals surface area contributed by atoms with Crippen LogP contribution in [0.2, 0.25) is 0 Å². The lowest BCUT2D eigenvalue weighted by Crippen LogP contribution is -2.46. The van der Waals surface area contributed by atoms with Crippen molar-refractivity contribution in [1.82, 2.24) is 13.9 Å². The zero-order valence-corrected chi connectivity index (χ0v) is 19.9. The molecular weight excluding hydrogens is 476 g/mol. The molecule has 2 aliphatic heterocycles. The third-order valence-electron chi connectivity index (χ3n) is 6.17. The molecule has 5 rings (SSSR count). The van der Waals surface area contributed by atoms with Crippen LogP contribution in [0.4, 0.5) is 0 Å². The number of carbonyl (C=O) groups excluding carboxylic acids is 1. The van der Waals surface area contributed by atoms with Gasteiger partial charge in [0.2, 0.25) is 0 Å². The summed E-state index contributed by atoms with van der Waals surface area (Å²) in [4.78, 5) is 38.5. The molecule has 0 saturated heterocycles. The number of ketones is 1. The van der Waals surface area contributed by atoms with Gasteiger partial charge in [-0.15, -0.1) is 0 Å². The van der Waals surface area contributed by atoms with Gasteiger partial charge < -0.3 is 8.92 Å². The highest BCUT2D eigenvalue weighted by atomic mass is 32.2. The highest BCUT2D eigenvalue weighted by Crippen LogP contribution is 2.47. The first-order valence-corrected chi connectivity index (χ1v) is 12.2. The highest BCUT2D eigenvalue weighted by molar-refractivity contribution is 7.84. The van der Waals surface area contributed by atoms with Gasteiger partial charge in [-0.2, -0.15) is 13.6 Å². The molecule has 1 atom stereocenters. The van der Waals surface area contributed by atoms with Crippen molar-refractivity contribution in [3.05, 3.63) is 86.2 Å². The van der Waals surface area contributed by atoms with Crippen LogP contribution in [0.15, 0.2) is 63.7 Å². The molecule has 0 amide bonds. The quantitative estimate of drug-likeness (QED) is 0.421. The second-order valence-electron chi connectivity index (χ2n) is 8.88. The maximum atomic E-state index is 13.6. The molecule has 0 saturated carbocycles. The van der Waals surface area contributed by atoms with E-state index in [0.29, 0.717) is 22.6 Å². The zero-order valence-electron chi connectivity index (χ0n) is 19.1. The molecular formula is C23H22N4O7S. The van der Waals surface area contributed by atoms with Crippen LogP contribution in [-0.4, -0.2) is 33.7 Å². The Morgan fingerprint density at radius 3 is 2.43 bits per heavy atom. The lowest BCUT2D eigenvalue weighted by molar-refractivity contribution is 0.101. The van der Waals surface area contributed by atoms with E-state index in [9.17, 15) is 22.8 Å². The first kappa shape index (κ1) is 22.9. The van der Waals surface area contributed by atoms with Gasteiger partial charge in [-0.25, -0.2) is 23.5 Å². The summed E-state index contributed by atoms with van der Waals surface area (Å²) in [5.41, 5.74) is 0.171. The van der Waals surface area contributed by atoms with E-state index in [1.165, 1.54) is 28.4 Å². The van der Waals surface area contributed by atoms with E-state index in [2.05, 4.69) is 0 Å². The summed E-state index contributed by atoms with van der Waals surface area (Å²) >= 11 is 0. The predicted molar refractivity (Wildman–Crippen MR) is 125 cm³/mol. The molecule has 0 aliphatic carbocycles. The topological polar surface area (TPSA) is 145 Å². The van der Waals surface area contributed by atoms with Crippen LogP contribution >= 0.6 is 0 Å². The second-order valence-corrected chi connectivity index (χ2v) is 10.0. The Labute approximate surface area is 199 Å². The summed E-state index contributed by atoms with van der Waals surface area (Å²) in [6.07, 6.45) is 1.85. The number of rotatable bonds is 4. The molecule has 0 radical (unpaired) electrons. The minimum absolute atomic E-state index is 0.0434. The summed E-state index contributed by atoms with van der Waals surface area (Å²) in [6.45, 7) is 5.23. The van der Waals surface area contributed by atoms with E-state index >= 15 is 0 Å². The van der Waals surface area contributed by atoms with Gasteiger partial charge in [-0.05, 0) is 62.7 Å². The first-order chi connectivity index (χ1) is 16.4. The summed E-state index contributed by atoms with van der Waals surface area (Å²) in [5, 5.41) is 4.98. The van der Waals surface area contributed by atoms with Crippen LogP contribution in [0, 0.1) is 0 Å². The third kappa shape index (κ3) is 3.70. The molecule has 0 spiro atoms. The number of nitrogens with two attached hydrogens (primary N) is 1. The van der Waals surface area contributed by atoms with Crippen molar-refractivity contribution in [2.75, 3.05) is 0 Å². The van der Waals surface area contributed by atoms with E-state index in [0.717, 1.165) is 10.1 Å². The fraction of sp³-hybridized carbons (Fsp3) is 0.261. The van der Waals surface area contributed by atoms with Gasteiger partial charge in [0.15, 0.2) is 5.78 Å². The zero-order chi connectivity index (χ0) is 25.3. The normalized spacial score (nSPS) is 17.9. The Morgan fingerprint density at radius 1 is 1.11 bits per heavy atom. The van der Waals surface area contributed by atoms with Crippen LogP contribution in [0.5, 0.6) is 11.5 Å². The van der Waals surface area contributed by atoms with Gasteiger partial charge in [0, 0.05) is 17.2 Å². The van der Waals surface area contributed by atoms with Crippen molar-refractivity contribution in [2.24, 2.45) is 5.14 Å². The Hall–Kier alpha value is -3.90. The number of allylic oxidation sites excluding steroid dienone is 1. The van der Waals surface area contributed by atoms with E-state index in [1.54, 1.807) is 30.3 Å². The minimum atomic E-state index is -4.24. The fourth-order valence-electron chi connectivity index (χ4n) is 4.63. The number of carbonyl (C=O) groups is 1. The summed E-state index contributed by atoms with van der Waals surface area (Å²) in [5.74, 6) is 0.125. The van der Waals surface area contributed by atoms with E-state index in [-0.39, 0.29) is 18.1 Å². The molecule has 12 heteroatoms. The minimum Gasteiger partial charge on any atom is -0.483 e. The summed E-state index contributed by atoms with van der Waals surface area (Å²) in [6, 6.07) is 9.93. The number of hydrogen-bond acceptors (Lipinski definition) is 7.